The van der Waals surface area contributed by atoms with E-state index in [9.17, 15) is 10.2 Å². The highest BCUT2D eigenvalue weighted by atomic mass is 16.3. The summed E-state index contributed by atoms with van der Waals surface area (Å²) in [5, 5.41) is 18.5. The van der Waals surface area contributed by atoms with E-state index in [1.54, 1.807) is 24.3 Å². The smallest absolute Gasteiger partial charge is 0.115 e. The fourth-order valence-electron chi connectivity index (χ4n) is 2.17. The Balaban J connectivity index is 0.000000240. The minimum atomic E-state index is 0.334. The molecule has 0 saturated carbocycles. The van der Waals surface area contributed by atoms with Gasteiger partial charge in [-0.1, -0.05) is 24.3 Å². The topological polar surface area (TPSA) is 46.9 Å². The zero-order valence-corrected chi connectivity index (χ0v) is 15.6. The second-order valence-corrected chi connectivity index (χ2v) is 6.47. The fraction of sp³-hybridized carbons (Fsp3) is 0.400. The maximum Gasteiger partial charge on any atom is 0.115 e. The second kappa shape index (κ2) is 9.30. The second-order valence-electron chi connectivity index (χ2n) is 6.47. The van der Waals surface area contributed by atoms with Crippen molar-refractivity contribution in [2.24, 2.45) is 0 Å². The van der Waals surface area contributed by atoms with Crippen LogP contribution < -0.4 is 0 Å². The number of nitrogens with zero attached hydrogens (tertiary/aromatic N) is 2. The van der Waals surface area contributed by atoms with Gasteiger partial charge in [-0.15, -0.1) is 0 Å². The standard InChI is InChI=1S/2C10H15NO/c2*1-8(11(2)3)9-5-4-6-10(12)7-9/h2*4-8,12H,1-3H3. The summed E-state index contributed by atoms with van der Waals surface area (Å²) in [5.41, 5.74) is 2.28. The zero-order chi connectivity index (χ0) is 18.3. The van der Waals surface area contributed by atoms with E-state index in [-0.39, 0.29) is 0 Å². The third-order valence-corrected chi connectivity index (χ3v) is 4.25. The fourth-order valence-corrected chi connectivity index (χ4v) is 2.17. The Hall–Kier alpha value is -2.04. The quantitative estimate of drug-likeness (QED) is 0.888. The lowest BCUT2D eigenvalue weighted by Crippen LogP contribution is -2.16. The predicted molar refractivity (Wildman–Crippen MR) is 100 cm³/mol. The molecule has 2 aromatic rings. The molecule has 132 valence electrons. The zero-order valence-electron chi connectivity index (χ0n) is 15.6. The van der Waals surface area contributed by atoms with Gasteiger partial charge in [-0.2, -0.15) is 0 Å². The average molecular weight is 330 g/mol. The minimum Gasteiger partial charge on any atom is -0.508 e. The Labute approximate surface area is 146 Å². The molecule has 2 N–H and O–H groups in total. The van der Waals surface area contributed by atoms with Gasteiger partial charge in [0.25, 0.3) is 0 Å². The van der Waals surface area contributed by atoms with Gasteiger partial charge in [0.05, 0.1) is 0 Å². The van der Waals surface area contributed by atoms with Gasteiger partial charge >= 0.3 is 0 Å². The summed E-state index contributed by atoms with van der Waals surface area (Å²) in [6.45, 7) is 4.21. The van der Waals surface area contributed by atoms with Gasteiger partial charge in [0.15, 0.2) is 0 Å². The lowest BCUT2D eigenvalue weighted by atomic mass is 10.1. The summed E-state index contributed by atoms with van der Waals surface area (Å²) < 4.78 is 0. The first kappa shape index (κ1) is 20.0. The van der Waals surface area contributed by atoms with Crippen LogP contribution in [0.1, 0.15) is 37.1 Å². The number of hydrogen-bond donors (Lipinski definition) is 2. The maximum atomic E-state index is 9.23. The van der Waals surface area contributed by atoms with Crippen molar-refractivity contribution in [3.8, 4) is 11.5 Å². The summed E-state index contributed by atoms with van der Waals surface area (Å²) in [7, 11) is 8.09. The molecule has 0 aliphatic carbocycles. The molecule has 0 amide bonds. The van der Waals surface area contributed by atoms with Crippen molar-refractivity contribution in [2.75, 3.05) is 28.2 Å². The van der Waals surface area contributed by atoms with E-state index in [0.29, 0.717) is 23.6 Å². The minimum absolute atomic E-state index is 0.334. The molecule has 4 nitrogen and oxygen atoms in total. The maximum absolute atomic E-state index is 9.23. The number of hydrogen-bond acceptors (Lipinski definition) is 4. The van der Waals surface area contributed by atoms with Crippen LogP contribution in [0.4, 0.5) is 0 Å². The van der Waals surface area contributed by atoms with Crippen LogP contribution in [0.3, 0.4) is 0 Å². The van der Waals surface area contributed by atoms with E-state index in [1.807, 2.05) is 52.5 Å². The van der Waals surface area contributed by atoms with Crippen LogP contribution >= 0.6 is 0 Å². The Morgan fingerprint density at radius 3 is 1.25 bits per heavy atom. The van der Waals surface area contributed by atoms with E-state index in [4.69, 9.17) is 0 Å². The van der Waals surface area contributed by atoms with E-state index in [2.05, 4.69) is 23.6 Å². The van der Waals surface area contributed by atoms with Crippen molar-refractivity contribution >= 4 is 0 Å². The molecule has 0 radical (unpaired) electrons. The first-order valence-corrected chi connectivity index (χ1v) is 8.13. The molecule has 2 atom stereocenters. The predicted octanol–water partition coefficient (Wildman–Crippen LogP) is 4.03. The molecule has 0 saturated heterocycles. The number of aromatic hydroxyl groups is 2. The highest BCUT2D eigenvalue weighted by Gasteiger charge is 2.07. The number of phenolic OH excluding ortho intramolecular Hbond substituents is 2. The molecule has 2 rings (SSSR count). The Bertz CT molecular complexity index is 571. The number of rotatable bonds is 4. The van der Waals surface area contributed by atoms with Gasteiger partial charge in [-0.05, 0) is 77.4 Å². The molecule has 24 heavy (non-hydrogen) atoms. The monoisotopic (exact) mass is 330 g/mol. The van der Waals surface area contributed by atoms with E-state index < -0.39 is 0 Å². The molecule has 4 heteroatoms. The molecule has 0 aliphatic rings. The first-order valence-electron chi connectivity index (χ1n) is 8.13. The van der Waals surface area contributed by atoms with E-state index in [1.165, 1.54) is 0 Å². The normalized spacial score (nSPS) is 13.3. The average Bonchev–Trinajstić information content (AvgIpc) is 2.53. The highest BCUT2D eigenvalue weighted by molar-refractivity contribution is 5.29. The van der Waals surface area contributed by atoms with Crippen LogP contribution in [-0.2, 0) is 0 Å². The lowest BCUT2D eigenvalue weighted by molar-refractivity contribution is 0.320. The largest absolute Gasteiger partial charge is 0.508 e. The van der Waals surface area contributed by atoms with Gasteiger partial charge < -0.3 is 20.0 Å². The summed E-state index contributed by atoms with van der Waals surface area (Å²) in [4.78, 5) is 4.21. The Morgan fingerprint density at radius 2 is 1.00 bits per heavy atom. The summed E-state index contributed by atoms with van der Waals surface area (Å²) >= 11 is 0. The van der Waals surface area contributed by atoms with Gasteiger partial charge in [0.2, 0.25) is 0 Å². The van der Waals surface area contributed by atoms with Crippen LogP contribution in [0.5, 0.6) is 11.5 Å². The SMILES string of the molecule is CC(c1cccc(O)c1)N(C)C.CC(c1cccc(O)c1)N(C)C. The van der Waals surface area contributed by atoms with Gasteiger partial charge in [-0.25, -0.2) is 0 Å². The molecule has 2 unspecified atom stereocenters. The van der Waals surface area contributed by atoms with Crippen molar-refractivity contribution in [1.82, 2.24) is 9.80 Å². The molecular formula is C20H30N2O2. The van der Waals surface area contributed by atoms with Crippen molar-refractivity contribution in [2.45, 2.75) is 25.9 Å². The van der Waals surface area contributed by atoms with E-state index >= 15 is 0 Å². The Morgan fingerprint density at radius 1 is 0.667 bits per heavy atom. The summed E-state index contributed by atoms with van der Waals surface area (Å²) in [6.07, 6.45) is 0. The molecule has 0 spiro atoms. The van der Waals surface area contributed by atoms with Gasteiger partial charge in [0.1, 0.15) is 11.5 Å². The highest BCUT2D eigenvalue weighted by Crippen LogP contribution is 2.21. The number of phenols is 2. The van der Waals surface area contributed by atoms with Crippen LogP contribution in [-0.4, -0.2) is 48.2 Å². The van der Waals surface area contributed by atoms with Gasteiger partial charge in [0, 0.05) is 12.1 Å². The molecule has 0 bridgehead atoms. The van der Waals surface area contributed by atoms with Crippen molar-refractivity contribution in [1.29, 1.82) is 0 Å². The lowest BCUT2D eigenvalue weighted by Gasteiger charge is -2.19. The number of benzene rings is 2. The Kier molecular flexibility index (Phi) is 7.75. The molecule has 0 aliphatic heterocycles. The first-order chi connectivity index (χ1) is 11.2. The van der Waals surface area contributed by atoms with Crippen molar-refractivity contribution < 1.29 is 10.2 Å². The van der Waals surface area contributed by atoms with Crippen LogP contribution in [0.15, 0.2) is 48.5 Å². The molecule has 0 aromatic heterocycles. The molecule has 2 aromatic carbocycles. The molecule has 0 heterocycles. The summed E-state index contributed by atoms with van der Waals surface area (Å²) in [5.74, 6) is 0.669. The van der Waals surface area contributed by atoms with Gasteiger partial charge in [-0.3, -0.25) is 0 Å². The van der Waals surface area contributed by atoms with Crippen LogP contribution in [0.2, 0.25) is 0 Å². The van der Waals surface area contributed by atoms with Crippen molar-refractivity contribution in [3.63, 3.8) is 0 Å². The van der Waals surface area contributed by atoms with Crippen LogP contribution in [0, 0.1) is 0 Å². The van der Waals surface area contributed by atoms with E-state index in [0.717, 1.165) is 11.1 Å². The molecule has 0 fully saturated rings. The third kappa shape index (κ3) is 6.22. The van der Waals surface area contributed by atoms with Crippen LogP contribution in [0.25, 0.3) is 0 Å². The summed E-state index contributed by atoms with van der Waals surface area (Å²) in [6, 6.07) is 15.4. The molecular weight excluding hydrogens is 300 g/mol. The third-order valence-electron chi connectivity index (χ3n) is 4.25. The van der Waals surface area contributed by atoms with Crippen molar-refractivity contribution in [3.05, 3.63) is 59.7 Å².